The SMILES string of the molecule is CCCCCc1ccc(S(=O)(=O)N(CC2CC2)C[C@H]2CCC3=C2[C@@H](C)C2=CNN(c4ccc(F)cc4)C2=C3)cc1. The number of aryl methyl sites for hydroxylation is 1. The number of rotatable bonds is 11. The number of hydrazine groups is 1. The Morgan fingerprint density at radius 1 is 1.00 bits per heavy atom. The van der Waals surface area contributed by atoms with Gasteiger partial charge in [-0.3, -0.25) is 5.01 Å². The first-order chi connectivity index (χ1) is 19.3. The summed E-state index contributed by atoms with van der Waals surface area (Å²) in [7, 11) is -3.58. The number of nitrogens with zero attached hydrogens (tertiary/aromatic N) is 2. The topological polar surface area (TPSA) is 52.7 Å². The fraction of sp³-hybridized carbons (Fsp3) is 0.455. The van der Waals surface area contributed by atoms with Gasteiger partial charge in [0.25, 0.3) is 0 Å². The van der Waals surface area contributed by atoms with Crippen molar-refractivity contribution in [2.75, 3.05) is 18.1 Å². The van der Waals surface area contributed by atoms with Crippen molar-refractivity contribution in [2.24, 2.45) is 17.8 Å². The van der Waals surface area contributed by atoms with Crippen LogP contribution in [-0.2, 0) is 16.4 Å². The van der Waals surface area contributed by atoms with Gasteiger partial charge >= 0.3 is 0 Å². The summed E-state index contributed by atoms with van der Waals surface area (Å²) in [5.74, 6) is 0.609. The molecule has 0 aromatic heterocycles. The number of hydrogen-bond acceptors (Lipinski definition) is 4. The third-order valence-electron chi connectivity index (χ3n) is 9.00. The Morgan fingerprint density at radius 3 is 2.45 bits per heavy atom. The molecule has 2 aromatic carbocycles. The van der Waals surface area contributed by atoms with Crippen LogP contribution in [0.3, 0.4) is 0 Å². The van der Waals surface area contributed by atoms with Gasteiger partial charge in [-0.05, 0) is 104 Å². The summed E-state index contributed by atoms with van der Waals surface area (Å²) in [5, 5.41) is 2.01. The van der Waals surface area contributed by atoms with Crippen LogP contribution >= 0.6 is 0 Å². The molecule has 1 heterocycles. The molecule has 4 aliphatic rings. The van der Waals surface area contributed by atoms with Crippen LogP contribution < -0.4 is 10.4 Å². The third kappa shape index (κ3) is 5.38. The molecular formula is C33H40FN3O2S. The molecule has 40 heavy (non-hydrogen) atoms. The lowest BCUT2D eigenvalue weighted by atomic mass is 9.80. The van der Waals surface area contributed by atoms with E-state index < -0.39 is 10.0 Å². The number of sulfonamides is 1. The molecule has 0 saturated heterocycles. The van der Waals surface area contributed by atoms with E-state index in [9.17, 15) is 12.8 Å². The van der Waals surface area contributed by atoms with Crippen LogP contribution in [0.2, 0.25) is 0 Å². The largest absolute Gasteiger partial charge is 0.301 e. The lowest BCUT2D eigenvalue weighted by Gasteiger charge is -2.32. The van der Waals surface area contributed by atoms with Gasteiger partial charge in [-0.15, -0.1) is 0 Å². The van der Waals surface area contributed by atoms with E-state index in [4.69, 9.17) is 0 Å². The fourth-order valence-corrected chi connectivity index (χ4v) is 8.13. The van der Waals surface area contributed by atoms with E-state index in [1.807, 2.05) is 35.5 Å². The fourth-order valence-electron chi connectivity index (χ4n) is 6.57. The highest BCUT2D eigenvalue weighted by molar-refractivity contribution is 7.89. The second kappa shape index (κ2) is 11.2. The quantitative estimate of drug-likeness (QED) is 0.297. The summed E-state index contributed by atoms with van der Waals surface area (Å²) in [4.78, 5) is 0.413. The van der Waals surface area contributed by atoms with Crippen molar-refractivity contribution in [3.8, 4) is 0 Å². The normalized spacial score (nSPS) is 22.2. The maximum Gasteiger partial charge on any atom is 0.243 e. The second-order valence-electron chi connectivity index (χ2n) is 11.9. The van der Waals surface area contributed by atoms with E-state index in [0.717, 1.165) is 49.9 Å². The molecule has 1 N–H and O–H groups in total. The molecule has 0 amide bonds. The molecule has 3 aliphatic carbocycles. The van der Waals surface area contributed by atoms with E-state index in [0.29, 0.717) is 23.9 Å². The average molecular weight is 562 g/mol. The molecule has 2 aromatic rings. The minimum Gasteiger partial charge on any atom is -0.301 e. The molecule has 2 atom stereocenters. The Hall–Kier alpha value is -2.90. The number of halogens is 1. The van der Waals surface area contributed by atoms with Crippen molar-refractivity contribution < 1.29 is 12.8 Å². The van der Waals surface area contributed by atoms with Gasteiger partial charge in [0.05, 0.1) is 16.3 Å². The Bertz CT molecular complexity index is 1440. The van der Waals surface area contributed by atoms with Gasteiger partial charge < -0.3 is 5.43 Å². The number of nitrogens with one attached hydrogen (secondary N) is 1. The van der Waals surface area contributed by atoms with Gasteiger partial charge in [-0.2, -0.15) is 4.31 Å². The van der Waals surface area contributed by atoms with Crippen molar-refractivity contribution in [2.45, 2.75) is 70.1 Å². The second-order valence-corrected chi connectivity index (χ2v) is 13.8. The minimum atomic E-state index is -3.58. The maximum atomic E-state index is 13.9. The molecule has 5 nitrogen and oxygen atoms in total. The lowest BCUT2D eigenvalue weighted by molar-refractivity contribution is 0.345. The van der Waals surface area contributed by atoms with E-state index in [1.54, 1.807) is 16.4 Å². The minimum absolute atomic E-state index is 0.188. The highest BCUT2D eigenvalue weighted by atomic mass is 32.2. The molecule has 0 radical (unpaired) electrons. The smallest absolute Gasteiger partial charge is 0.243 e. The monoisotopic (exact) mass is 561 g/mol. The van der Waals surface area contributed by atoms with Crippen LogP contribution in [0.15, 0.2) is 88.1 Å². The standard InChI is InChI=1S/C33H40FN3O2S/c1-3-4-5-6-24-9-17-30(18-10-24)40(38,39)36(21-25-7-8-25)22-27-12-11-26-19-32-31(23(2)33(26)27)20-35-37(32)29-15-13-28(34)14-16-29/h9-10,13-20,23,25,27,35H,3-8,11-12,21-22H2,1-2H3/t23-,27+/m0/s1. The third-order valence-corrected chi connectivity index (χ3v) is 10.8. The van der Waals surface area contributed by atoms with E-state index >= 15 is 0 Å². The average Bonchev–Trinajstić information content (AvgIpc) is 3.52. The lowest BCUT2D eigenvalue weighted by Crippen LogP contribution is -2.38. The molecule has 1 aliphatic heterocycles. The molecule has 1 fully saturated rings. The van der Waals surface area contributed by atoms with Crippen LogP contribution in [0.25, 0.3) is 0 Å². The van der Waals surface area contributed by atoms with Crippen molar-refractivity contribution in [1.29, 1.82) is 0 Å². The molecule has 212 valence electrons. The van der Waals surface area contributed by atoms with E-state index in [1.165, 1.54) is 47.3 Å². The van der Waals surface area contributed by atoms with Gasteiger partial charge in [0.1, 0.15) is 5.82 Å². The van der Waals surface area contributed by atoms with Gasteiger partial charge in [0.15, 0.2) is 0 Å². The van der Waals surface area contributed by atoms with Crippen LogP contribution in [0, 0.1) is 23.6 Å². The van der Waals surface area contributed by atoms with Crippen molar-refractivity contribution in [1.82, 2.24) is 9.73 Å². The Balaban J connectivity index is 1.23. The zero-order valence-electron chi connectivity index (χ0n) is 23.6. The van der Waals surface area contributed by atoms with Crippen LogP contribution in [0.4, 0.5) is 10.1 Å². The predicted molar refractivity (Wildman–Crippen MR) is 158 cm³/mol. The zero-order valence-corrected chi connectivity index (χ0v) is 24.4. The summed E-state index contributed by atoms with van der Waals surface area (Å²) >= 11 is 0. The summed E-state index contributed by atoms with van der Waals surface area (Å²) < 4.78 is 43.2. The maximum absolute atomic E-state index is 13.9. The van der Waals surface area contributed by atoms with Crippen molar-refractivity contribution in [3.05, 3.63) is 94.6 Å². The number of benzene rings is 2. The van der Waals surface area contributed by atoms with Crippen molar-refractivity contribution in [3.63, 3.8) is 0 Å². The summed E-state index contributed by atoms with van der Waals surface area (Å²) in [6, 6.07) is 14.1. The summed E-state index contributed by atoms with van der Waals surface area (Å²) in [6.45, 7) is 5.57. The molecule has 0 bridgehead atoms. The summed E-state index contributed by atoms with van der Waals surface area (Å²) in [5.41, 5.74) is 10.4. The molecule has 0 spiro atoms. The Labute approximate surface area is 238 Å². The highest BCUT2D eigenvalue weighted by Crippen LogP contribution is 2.48. The molecule has 6 rings (SSSR count). The number of fused-ring (bicyclic) bond motifs is 1. The van der Waals surface area contributed by atoms with Crippen LogP contribution in [0.5, 0.6) is 0 Å². The first kappa shape index (κ1) is 27.3. The molecule has 7 heteroatoms. The predicted octanol–water partition coefficient (Wildman–Crippen LogP) is 7.11. The number of unbranched alkanes of at least 4 members (excludes halogenated alkanes) is 2. The molecule has 1 saturated carbocycles. The van der Waals surface area contributed by atoms with Gasteiger partial charge in [-0.25, -0.2) is 12.8 Å². The number of anilines is 1. The van der Waals surface area contributed by atoms with E-state index in [2.05, 4.69) is 25.3 Å². The summed E-state index contributed by atoms with van der Waals surface area (Å²) in [6.07, 6.45) is 12.9. The van der Waals surface area contributed by atoms with Gasteiger partial charge in [0.2, 0.25) is 10.0 Å². The zero-order chi connectivity index (χ0) is 27.9. The van der Waals surface area contributed by atoms with Crippen LogP contribution in [0.1, 0.15) is 64.4 Å². The Morgan fingerprint density at radius 2 is 1.75 bits per heavy atom. The molecule has 0 unspecified atom stereocenters. The van der Waals surface area contributed by atoms with Gasteiger partial charge in [-0.1, -0.05) is 44.4 Å². The highest BCUT2D eigenvalue weighted by Gasteiger charge is 2.41. The van der Waals surface area contributed by atoms with Gasteiger partial charge in [0, 0.05) is 30.8 Å². The number of hydrogen-bond donors (Lipinski definition) is 1. The first-order valence-corrected chi connectivity index (χ1v) is 16.3. The van der Waals surface area contributed by atoms with Crippen LogP contribution in [-0.4, -0.2) is 25.8 Å². The number of allylic oxidation sites excluding steroid dienone is 3. The first-order valence-electron chi connectivity index (χ1n) is 14.9. The Kier molecular flexibility index (Phi) is 7.62. The molecular weight excluding hydrogens is 521 g/mol. The van der Waals surface area contributed by atoms with E-state index in [-0.39, 0.29) is 17.7 Å². The van der Waals surface area contributed by atoms with Crippen molar-refractivity contribution >= 4 is 15.7 Å².